The molecule has 2 aliphatic rings. The highest BCUT2D eigenvalue weighted by atomic mass is 16.5. The zero-order chi connectivity index (χ0) is 27.2. The summed E-state index contributed by atoms with van der Waals surface area (Å²) in [5.74, 6) is -0.818. The Morgan fingerprint density at radius 1 is 1.00 bits per heavy atom. The second kappa shape index (κ2) is 9.67. The summed E-state index contributed by atoms with van der Waals surface area (Å²) in [6.07, 6.45) is 1.59. The smallest absolute Gasteiger partial charge is 0.311 e. The molecule has 9 nitrogen and oxygen atoms in total. The van der Waals surface area contributed by atoms with Crippen LogP contribution < -0.4 is 14.8 Å². The van der Waals surface area contributed by atoms with E-state index in [1.165, 1.54) is 0 Å². The van der Waals surface area contributed by atoms with Crippen molar-refractivity contribution >= 4 is 17.8 Å². The molecular weight excluding hydrogens is 464 g/mol. The molecule has 0 saturated carbocycles. The van der Waals surface area contributed by atoms with Gasteiger partial charge in [-0.1, -0.05) is 0 Å². The number of aliphatic carboxylic acids is 1. The van der Waals surface area contributed by atoms with Crippen LogP contribution in [0.5, 0.6) is 11.5 Å². The van der Waals surface area contributed by atoms with E-state index in [0.717, 1.165) is 21.8 Å². The summed E-state index contributed by atoms with van der Waals surface area (Å²) in [5, 5.41) is 25.8. The van der Waals surface area contributed by atoms with Crippen molar-refractivity contribution in [3.05, 3.63) is 22.3 Å². The number of carbonyl (C=O) groups excluding carboxylic acids is 2. The summed E-state index contributed by atoms with van der Waals surface area (Å²) in [4.78, 5) is 36.5. The van der Waals surface area contributed by atoms with Crippen molar-refractivity contribution in [2.45, 2.75) is 117 Å². The average molecular weight is 504 g/mol. The number of fused-ring (bicyclic) bond motifs is 1. The van der Waals surface area contributed by atoms with Gasteiger partial charge in [0.05, 0.1) is 12.8 Å². The molecule has 1 atom stereocenters. The lowest BCUT2D eigenvalue weighted by molar-refractivity contribution is -0.290. The first-order chi connectivity index (χ1) is 16.5. The lowest BCUT2D eigenvalue weighted by Gasteiger charge is -2.50. The Labute approximate surface area is 213 Å². The molecule has 2 aliphatic heterocycles. The van der Waals surface area contributed by atoms with Crippen molar-refractivity contribution < 1.29 is 34.2 Å². The molecule has 3 rings (SSSR count). The van der Waals surface area contributed by atoms with Gasteiger partial charge in [-0.3, -0.25) is 14.4 Å². The maximum absolute atomic E-state index is 13.5. The van der Waals surface area contributed by atoms with Crippen LogP contribution in [-0.2, 0) is 26.0 Å². The van der Waals surface area contributed by atoms with Crippen molar-refractivity contribution in [3.8, 4) is 11.5 Å². The standard InChI is InChI=1S/C27H39N2O7/c1-15-16(2)23-19(17(3)22(15)35-21(32)10-9-20(30)31)11-12-27(8,36-23)24(33)28-18-13-25(4,5)29(34)26(6,7)14-18/h18H,9-14H2,1-8H3,(H,28,33)(H,30,31). The third-order valence-electron chi connectivity index (χ3n) is 7.66. The molecule has 36 heavy (non-hydrogen) atoms. The van der Waals surface area contributed by atoms with Crippen LogP contribution in [0, 0.1) is 20.8 Å². The molecule has 0 aliphatic carbocycles. The zero-order valence-corrected chi connectivity index (χ0v) is 22.7. The Bertz CT molecular complexity index is 1060. The van der Waals surface area contributed by atoms with Gasteiger partial charge in [0.2, 0.25) is 0 Å². The second-order valence-electron chi connectivity index (χ2n) is 11.7. The molecule has 1 aromatic carbocycles. The van der Waals surface area contributed by atoms with Gasteiger partial charge in [-0.05, 0) is 91.3 Å². The van der Waals surface area contributed by atoms with E-state index in [1.807, 2.05) is 48.5 Å². The van der Waals surface area contributed by atoms with E-state index >= 15 is 0 Å². The number of carboxylic acids is 1. The Balaban J connectivity index is 1.81. The van der Waals surface area contributed by atoms with Gasteiger partial charge in [-0.15, -0.1) is 10.3 Å². The number of nitrogens with zero attached hydrogens (tertiary/aromatic N) is 1. The molecule has 1 unspecified atom stereocenters. The van der Waals surface area contributed by atoms with E-state index < -0.39 is 28.6 Å². The maximum Gasteiger partial charge on any atom is 0.311 e. The number of hydroxylamine groups is 2. The number of benzene rings is 1. The number of esters is 1. The average Bonchev–Trinajstić information content (AvgIpc) is 2.77. The lowest BCUT2D eigenvalue weighted by atomic mass is 9.78. The van der Waals surface area contributed by atoms with Crippen LogP contribution in [0.25, 0.3) is 0 Å². The fraction of sp³-hybridized carbons (Fsp3) is 0.667. The third kappa shape index (κ3) is 5.37. The van der Waals surface area contributed by atoms with Crippen molar-refractivity contribution in [1.29, 1.82) is 0 Å². The fourth-order valence-corrected chi connectivity index (χ4v) is 5.62. The number of carboxylic acid groups (broad SMARTS) is 1. The van der Waals surface area contributed by atoms with E-state index in [2.05, 4.69) is 5.32 Å². The summed E-state index contributed by atoms with van der Waals surface area (Å²) in [7, 11) is 0. The minimum atomic E-state index is -1.08. The van der Waals surface area contributed by atoms with Gasteiger partial charge in [0.25, 0.3) is 5.91 Å². The number of carbonyl (C=O) groups is 3. The molecule has 1 saturated heterocycles. The molecule has 1 fully saturated rings. The van der Waals surface area contributed by atoms with Gasteiger partial charge < -0.3 is 19.9 Å². The van der Waals surface area contributed by atoms with Crippen LogP contribution in [0.1, 0.15) is 89.0 Å². The van der Waals surface area contributed by atoms with Gasteiger partial charge >= 0.3 is 11.9 Å². The summed E-state index contributed by atoms with van der Waals surface area (Å²) < 4.78 is 11.9. The number of hydrogen-bond donors (Lipinski definition) is 2. The van der Waals surface area contributed by atoms with Crippen LogP contribution in [0.3, 0.4) is 0 Å². The Kier molecular flexibility index (Phi) is 7.50. The Morgan fingerprint density at radius 2 is 1.58 bits per heavy atom. The maximum atomic E-state index is 13.5. The van der Waals surface area contributed by atoms with Crippen molar-refractivity contribution in [2.75, 3.05) is 0 Å². The second-order valence-corrected chi connectivity index (χ2v) is 11.7. The normalized spacial score (nSPS) is 23.4. The molecule has 0 aromatic heterocycles. The van der Waals surface area contributed by atoms with Crippen molar-refractivity contribution in [3.63, 3.8) is 0 Å². The van der Waals surface area contributed by atoms with Crippen LogP contribution in [0.2, 0.25) is 0 Å². The third-order valence-corrected chi connectivity index (χ3v) is 7.66. The number of hydrogen-bond acceptors (Lipinski definition) is 6. The highest BCUT2D eigenvalue weighted by molar-refractivity contribution is 5.86. The predicted molar refractivity (Wildman–Crippen MR) is 132 cm³/mol. The van der Waals surface area contributed by atoms with Crippen LogP contribution >= 0.6 is 0 Å². The summed E-state index contributed by atoms with van der Waals surface area (Å²) >= 11 is 0. The SMILES string of the molecule is Cc1c(C)c2c(c(C)c1OC(=O)CCC(=O)O)CCC(C)(C(=O)NC1CC(C)(C)N([O])C(C)(C)C1)O2. The molecule has 1 amide bonds. The molecule has 1 radical (unpaired) electrons. The van der Waals surface area contributed by atoms with Gasteiger partial charge in [0.15, 0.2) is 5.60 Å². The Hall–Kier alpha value is -2.65. The highest BCUT2D eigenvalue weighted by Gasteiger charge is 2.48. The number of piperidine rings is 1. The number of rotatable bonds is 6. The first kappa shape index (κ1) is 27.9. The van der Waals surface area contributed by atoms with E-state index in [4.69, 9.17) is 14.6 Å². The lowest BCUT2D eigenvalue weighted by Crippen LogP contribution is -2.64. The van der Waals surface area contributed by atoms with E-state index in [-0.39, 0.29) is 24.8 Å². The molecule has 1 aromatic rings. The first-order valence-corrected chi connectivity index (χ1v) is 12.5. The molecule has 0 spiro atoms. The fourth-order valence-electron chi connectivity index (χ4n) is 5.62. The molecular formula is C27H39N2O7. The van der Waals surface area contributed by atoms with Crippen LogP contribution in [0.4, 0.5) is 0 Å². The van der Waals surface area contributed by atoms with Gasteiger partial charge in [-0.25, -0.2) is 0 Å². The van der Waals surface area contributed by atoms with Crippen molar-refractivity contribution in [1.82, 2.24) is 10.4 Å². The number of nitrogens with one attached hydrogen (secondary N) is 1. The quantitative estimate of drug-likeness (QED) is 0.445. The summed E-state index contributed by atoms with van der Waals surface area (Å²) in [6, 6.07) is -0.147. The Morgan fingerprint density at radius 3 is 2.14 bits per heavy atom. The van der Waals surface area contributed by atoms with Gasteiger partial charge in [0.1, 0.15) is 11.5 Å². The monoisotopic (exact) mass is 503 g/mol. The van der Waals surface area contributed by atoms with E-state index in [9.17, 15) is 19.6 Å². The minimum absolute atomic E-state index is 0.147. The predicted octanol–water partition coefficient (Wildman–Crippen LogP) is 3.95. The molecule has 2 heterocycles. The zero-order valence-electron chi connectivity index (χ0n) is 22.7. The molecule has 9 heteroatoms. The molecule has 199 valence electrons. The summed E-state index contributed by atoms with van der Waals surface area (Å²) in [5.41, 5.74) is 0.854. The molecule has 0 bridgehead atoms. The minimum Gasteiger partial charge on any atom is -0.481 e. The summed E-state index contributed by atoms with van der Waals surface area (Å²) in [6.45, 7) is 14.9. The number of amides is 1. The van der Waals surface area contributed by atoms with E-state index in [1.54, 1.807) is 6.92 Å². The van der Waals surface area contributed by atoms with Gasteiger partial charge in [-0.2, -0.15) is 0 Å². The van der Waals surface area contributed by atoms with E-state index in [0.29, 0.717) is 42.7 Å². The van der Waals surface area contributed by atoms with Crippen molar-refractivity contribution in [2.24, 2.45) is 0 Å². The van der Waals surface area contributed by atoms with Crippen LogP contribution in [-0.4, -0.2) is 50.7 Å². The molecule has 2 N–H and O–H groups in total. The topological polar surface area (TPSA) is 125 Å². The van der Waals surface area contributed by atoms with Gasteiger partial charge in [0, 0.05) is 29.1 Å². The highest BCUT2D eigenvalue weighted by Crippen LogP contribution is 2.44. The first-order valence-electron chi connectivity index (χ1n) is 12.5. The number of ether oxygens (including phenoxy) is 2. The largest absolute Gasteiger partial charge is 0.481 e. The van der Waals surface area contributed by atoms with Crippen LogP contribution in [0.15, 0.2) is 0 Å².